The van der Waals surface area contributed by atoms with E-state index in [0.29, 0.717) is 16.7 Å². The Hall–Kier alpha value is -0.560. The maximum Gasteiger partial charge on any atom is 0.0543 e. The Morgan fingerprint density at radius 2 is 1.76 bits per heavy atom. The quantitative estimate of drug-likeness (QED) is 0.520. The first-order chi connectivity index (χ1) is 13.7. The summed E-state index contributed by atoms with van der Waals surface area (Å²) in [5, 5.41) is 10.3. The lowest BCUT2D eigenvalue weighted by atomic mass is 9.45. The fourth-order valence-corrected chi connectivity index (χ4v) is 8.31. The zero-order valence-corrected chi connectivity index (χ0v) is 20.0. The zero-order valence-electron chi connectivity index (χ0n) is 20.0. The van der Waals surface area contributed by atoms with Crippen molar-refractivity contribution in [1.82, 2.24) is 0 Å². The molecule has 0 amide bonds. The van der Waals surface area contributed by atoms with Crippen LogP contribution in [0.5, 0.6) is 0 Å². The summed E-state index contributed by atoms with van der Waals surface area (Å²) in [6.07, 6.45) is 16.6. The molecule has 8 atom stereocenters. The van der Waals surface area contributed by atoms with Crippen LogP contribution in [0, 0.1) is 46.3 Å². The third kappa shape index (κ3) is 3.58. The van der Waals surface area contributed by atoms with Gasteiger partial charge in [0.2, 0.25) is 0 Å². The Morgan fingerprint density at radius 1 is 1.00 bits per heavy atom. The van der Waals surface area contributed by atoms with E-state index in [4.69, 9.17) is 0 Å². The van der Waals surface area contributed by atoms with Crippen molar-refractivity contribution < 1.29 is 5.11 Å². The van der Waals surface area contributed by atoms with Crippen LogP contribution >= 0.6 is 0 Å². The molecule has 0 heterocycles. The van der Waals surface area contributed by atoms with Crippen LogP contribution in [-0.4, -0.2) is 11.2 Å². The Balaban J connectivity index is 1.57. The molecule has 1 N–H and O–H groups in total. The fraction of sp³-hybridized carbons (Fsp3) is 0.857. The average molecular weight is 399 g/mol. The van der Waals surface area contributed by atoms with E-state index in [1.54, 1.807) is 11.1 Å². The summed E-state index contributed by atoms with van der Waals surface area (Å²) < 4.78 is 0. The van der Waals surface area contributed by atoms with Crippen molar-refractivity contribution in [2.24, 2.45) is 46.3 Å². The largest absolute Gasteiger partial charge is 0.393 e. The van der Waals surface area contributed by atoms with Gasteiger partial charge in [-0.05, 0) is 111 Å². The Kier molecular flexibility index (Phi) is 5.86. The van der Waals surface area contributed by atoms with Gasteiger partial charge in [-0.25, -0.2) is 0 Å². The van der Waals surface area contributed by atoms with Crippen LogP contribution < -0.4 is 0 Å². The minimum atomic E-state index is -0.0258. The summed E-state index contributed by atoms with van der Waals surface area (Å²) in [5.41, 5.74) is 4.30. The van der Waals surface area contributed by atoms with Crippen LogP contribution in [0.25, 0.3) is 0 Å². The third-order valence-corrected chi connectivity index (χ3v) is 10.6. The van der Waals surface area contributed by atoms with Crippen LogP contribution in [0.4, 0.5) is 0 Å². The van der Waals surface area contributed by atoms with Gasteiger partial charge in [0, 0.05) is 0 Å². The molecule has 1 nitrogen and oxygen atoms in total. The van der Waals surface area contributed by atoms with Crippen LogP contribution in [-0.2, 0) is 0 Å². The van der Waals surface area contributed by atoms with Gasteiger partial charge in [-0.2, -0.15) is 0 Å². The van der Waals surface area contributed by atoms with Gasteiger partial charge in [0.15, 0.2) is 0 Å². The third-order valence-electron chi connectivity index (χ3n) is 10.6. The fourth-order valence-electron chi connectivity index (χ4n) is 8.31. The summed E-state index contributed by atoms with van der Waals surface area (Å²) >= 11 is 0. The first-order valence-corrected chi connectivity index (χ1v) is 12.7. The molecule has 29 heavy (non-hydrogen) atoms. The van der Waals surface area contributed by atoms with Crippen LogP contribution in [0.15, 0.2) is 23.3 Å². The van der Waals surface area contributed by atoms with Crippen LogP contribution in [0.1, 0.15) is 99.3 Å². The predicted octanol–water partition coefficient (Wildman–Crippen LogP) is 7.55. The molecule has 0 aromatic heterocycles. The Morgan fingerprint density at radius 3 is 2.48 bits per heavy atom. The molecule has 4 aliphatic rings. The lowest BCUT2D eigenvalue weighted by Gasteiger charge is -2.60. The number of fused-ring (bicyclic) bond motifs is 5. The van der Waals surface area contributed by atoms with Crippen molar-refractivity contribution >= 4 is 0 Å². The standard InChI is InChI=1S/C28H46O/c1-18(2)19(3)7-8-20(4)24-11-12-25-23-10-9-21-17-22(29)13-15-27(21,5)26(23)14-16-28(24,25)6/h7-8,18-19,21-23,25-26,29H,9-17H2,1-6H3. The van der Waals surface area contributed by atoms with Crippen molar-refractivity contribution in [3.8, 4) is 0 Å². The summed E-state index contributed by atoms with van der Waals surface area (Å²) in [6, 6.07) is 0. The van der Waals surface area contributed by atoms with E-state index >= 15 is 0 Å². The van der Waals surface area contributed by atoms with E-state index in [0.717, 1.165) is 42.4 Å². The van der Waals surface area contributed by atoms with E-state index in [1.165, 1.54) is 44.9 Å². The first kappa shape index (κ1) is 21.7. The Labute approximate surface area is 180 Å². The monoisotopic (exact) mass is 398 g/mol. The molecule has 1 heteroatoms. The van der Waals surface area contributed by atoms with Gasteiger partial charge in [0.25, 0.3) is 0 Å². The molecule has 0 aromatic rings. The first-order valence-electron chi connectivity index (χ1n) is 12.7. The number of aliphatic hydroxyl groups is 1. The molecule has 4 fully saturated rings. The number of rotatable bonds is 3. The number of aliphatic hydroxyl groups excluding tert-OH is 1. The maximum atomic E-state index is 10.3. The molecule has 0 spiro atoms. The van der Waals surface area contributed by atoms with Crippen molar-refractivity contribution in [1.29, 1.82) is 0 Å². The number of hydrogen-bond donors (Lipinski definition) is 1. The highest BCUT2D eigenvalue weighted by Gasteiger charge is 2.59. The van der Waals surface area contributed by atoms with E-state index < -0.39 is 0 Å². The molecule has 0 saturated heterocycles. The molecular formula is C28H46O. The van der Waals surface area contributed by atoms with Gasteiger partial charge in [0.05, 0.1) is 6.10 Å². The second-order valence-corrected chi connectivity index (χ2v) is 12.2. The van der Waals surface area contributed by atoms with Gasteiger partial charge in [-0.15, -0.1) is 0 Å². The number of allylic oxidation sites excluding steroid dienone is 4. The van der Waals surface area contributed by atoms with E-state index in [1.807, 2.05) is 0 Å². The zero-order chi connectivity index (χ0) is 21.0. The van der Waals surface area contributed by atoms with E-state index in [2.05, 4.69) is 53.7 Å². The molecule has 4 saturated carbocycles. The lowest BCUT2D eigenvalue weighted by molar-refractivity contribution is -0.116. The maximum absolute atomic E-state index is 10.3. The van der Waals surface area contributed by atoms with Crippen molar-refractivity contribution in [2.75, 3.05) is 0 Å². The van der Waals surface area contributed by atoms with E-state index in [9.17, 15) is 5.11 Å². The highest BCUT2D eigenvalue weighted by Crippen LogP contribution is 2.67. The molecular weight excluding hydrogens is 352 g/mol. The molecule has 0 aromatic carbocycles. The SMILES string of the molecule is CC(C=CC(C)C(C)C)=C1CCC2C3CCC4CC(O)CCC4(C)C3CCC12C. The van der Waals surface area contributed by atoms with Gasteiger partial charge in [-0.3, -0.25) is 0 Å². The van der Waals surface area contributed by atoms with Crippen LogP contribution in [0.2, 0.25) is 0 Å². The predicted molar refractivity (Wildman–Crippen MR) is 124 cm³/mol. The molecule has 0 bridgehead atoms. The van der Waals surface area contributed by atoms with Crippen molar-refractivity contribution in [3.05, 3.63) is 23.3 Å². The van der Waals surface area contributed by atoms with E-state index in [-0.39, 0.29) is 6.10 Å². The summed E-state index contributed by atoms with van der Waals surface area (Å²) in [4.78, 5) is 0. The minimum absolute atomic E-state index is 0.0258. The topological polar surface area (TPSA) is 20.2 Å². The highest BCUT2D eigenvalue weighted by atomic mass is 16.3. The molecule has 4 aliphatic carbocycles. The van der Waals surface area contributed by atoms with Crippen molar-refractivity contribution in [2.45, 2.75) is 105 Å². The molecule has 0 aliphatic heterocycles. The molecule has 8 unspecified atom stereocenters. The summed E-state index contributed by atoms with van der Waals surface area (Å²) in [6.45, 7) is 14.6. The smallest absolute Gasteiger partial charge is 0.0543 e. The lowest BCUT2D eigenvalue weighted by Crippen LogP contribution is -2.53. The second-order valence-electron chi connectivity index (χ2n) is 12.2. The molecule has 4 rings (SSSR count). The van der Waals surface area contributed by atoms with Crippen LogP contribution in [0.3, 0.4) is 0 Å². The Bertz CT molecular complexity index is 672. The van der Waals surface area contributed by atoms with Crippen molar-refractivity contribution in [3.63, 3.8) is 0 Å². The van der Waals surface area contributed by atoms with Gasteiger partial charge in [0.1, 0.15) is 0 Å². The highest BCUT2D eigenvalue weighted by molar-refractivity contribution is 5.34. The minimum Gasteiger partial charge on any atom is -0.393 e. The molecule has 0 radical (unpaired) electrons. The summed E-state index contributed by atoms with van der Waals surface area (Å²) in [5.74, 6) is 4.87. The second kappa shape index (κ2) is 7.85. The average Bonchev–Trinajstić information content (AvgIpc) is 3.03. The normalized spacial score (nSPS) is 47.7. The van der Waals surface area contributed by atoms with Gasteiger partial charge < -0.3 is 5.11 Å². The number of hydrogen-bond acceptors (Lipinski definition) is 1. The summed E-state index contributed by atoms with van der Waals surface area (Å²) in [7, 11) is 0. The van der Waals surface area contributed by atoms with Gasteiger partial charge >= 0.3 is 0 Å². The van der Waals surface area contributed by atoms with Gasteiger partial charge in [-0.1, -0.05) is 57.9 Å². The molecule has 164 valence electrons.